The molecule has 1 aliphatic carbocycles. The molecule has 11 heavy (non-hydrogen) atoms. The Morgan fingerprint density at radius 1 is 0.818 bits per heavy atom. The second-order valence-corrected chi connectivity index (χ2v) is 2.29. The first-order valence-corrected chi connectivity index (χ1v) is 3.07. The van der Waals surface area contributed by atoms with Gasteiger partial charge in [0.1, 0.15) is 0 Å². The summed E-state index contributed by atoms with van der Waals surface area (Å²) in [6.45, 7) is 0. The summed E-state index contributed by atoms with van der Waals surface area (Å²) in [4.78, 5) is 0. The van der Waals surface area contributed by atoms with Gasteiger partial charge in [-0.15, -0.1) is 0 Å². The predicted molar refractivity (Wildman–Crippen MR) is 55.0 cm³/mol. The van der Waals surface area contributed by atoms with Crippen LogP contribution >= 0.6 is 0 Å². The van der Waals surface area contributed by atoms with E-state index in [0.29, 0.717) is 0 Å². The van der Waals surface area contributed by atoms with Crippen LogP contribution in [0.15, 0.2) is 0 Å². The van der Waals surface area contributed by atoms with Crippen molar-refractivity contribution >= 4 is 23.9 Å². The number of hydrogen-bond acceptors (Lipinski definition) is 1. The fourth-order valence-electron chi connectivity index (χ4n) is 1.08. The Hall–Kier alpha value is 0.759. The summed E-state index contributed by atoms with van der Waals surface area (Å²) in [6.07, 6.45) is 5.92. The Balaban J connectivity index is -0.0000000612. The zero-order valence-corrected chi connectivity index (χ0v) is 7.91. The number of rotatable bonds is 0. The van der Waals surface area contributed by atoms with Gasteiger partial charge in [-0.25, -0.2) is 0 Å². The van der Waals surface area contributed by atoms with Crippen molar-refractivity contribution in [1.82, 2.24) is 0 Å². The minimum Gasteiger partial charge on any atom is -0.393 e. The molecule has 0 amide bonds. The largest absolute Gasteiger partial charge is 0.393 e. The Morgan fingerprint density at radius 2 is 1.18 bits per heavy atom. The van der Waals surface area contributed by atoms with Crippen LogP contribution in [0.3, 0.4) is 0 Å². The number of aliphatic hydroxyl groups is 1. The Kier molecular flexibility index (Phi) is 27.5. The van der Waals surface area contributed by atoms with Gasteiger partial charge in [-0.05, 0) is 12.8 Å². The Labute approximate surface area is 89.5 Å². The zero-order valence-electron chi connectivity index (χ0n) is 5.06. The molecule has 1 saturated carbocycles. The first-order chi connectivity index (χ1) is 3.39. The topological polar surface area (TPSA) is 20.2 Å². The van der Waals surface area contributed by atoms with Crippen LogP contribution in [0, 0.1) is 0 Å². The minimum absolute atomic E-state index is 0. The first-order valence-electron chi connectivity index (χ1n) is 3.07. The molecule has 1 rings (SSSR count). The molecule has 0 saturated heterocycles. The van der Waals surface area contributed by atoms with Gasteiger partial charge >= 0.3 is 0 Å². The second kappa shape index (κ2) is 13.4. The predicted octanol–water partition coefficient (Wildman–Crippen LogP) is 2.84. The van der Waals surface area contributed by atoms with Crippen molar-refractivity contribution in [3.8, 4) is 0 Å². The van der Waals surface area contributed by atoms with Crippen molar-refractivity contribution in [3.05, 3.63) is 0 Å². The van der Waals surface area contributed by atoms with E-state index in [9.17, 15) is 0 Å². The third kappa shape index (κ3) is 10.8. The van der Waals surface area contributed by atoms with Crippen molar-refractivity contribution in [2.75, 3.05) is 0 Å². The molecule has 0 heterocycles. The van der Waals surface area contributed by atoms with Crippen LogP contribution in [0.1, 0.15) is 54.4 Å². The van der Waals surface area contributed by atoms with Crippen molar-refractivity contribution in [1.29, 1.82) is 0 Å². The Bertz CT molecular complexity index is 51.5. The molecule has 0 unspecified atom stereocenters. The molecular formula is C9H24OSn. The molecular weight excluding hydrogens is 243 g/mol. The molecule has 2 heteroatoms. The maximum Gasteiger partial charge on any atom is 0.0540 e. The monoisotopic (exact) mass is 268 g/mol. The third-order valence-corrected chi connectivity index (χ3v) is 1.57. The molecule has 0 aliphatic heterocycles. The van der Waals surface area contributed by atoms with E-state index in [2.05, 4.69) is 0 Å². The minimum atomic E-state index is 0. The molecule has 0 atom stereocenters. The normalized spacial score (nSPS) is 16.1. The summed E-state index contributed by atoms with van der Waals surface area (Å²) in [6, 6.07) is 0. The van der Waals surface area contributed by atoms with E-state index < -0.39 is 0 Å². The SMILES string of the molecule is C.C.C.OC1CCCCC1.[Sn]. The fourth-order valence-corrected chi connectivity index (χ4v) is 1.08. The molecule has 1 aliphatic rings. The van der Waals surface area contributed by atoms with Gasteiger partial charge in [0, 0.05) is 23.9 Å². The fraction of sp³-hybridized carbons (Fsp3) is 1.00. The van der Waals surface area contributed by atoms with Crippen LogP contribution < -0.4 is 0 Å². The molecule has 1 nitrogen and oxygen atoms in total. The van der Waals surface area contributed by atoms with Gasteiger partial charge in [0.15, 0.2) is 0 Å². The van der Waals surface area contributed by atoms with Crippen LogP contribution in [-0.4, -0.2) is 35.1 Å². The van der Waals surface area contributed by atoms with E-state index in [1.807, 2.05) is 0 Å². The second-order valence-electron chi connectivity index (χ2n) is 2.29. The average Bonchev–Trinajstić information content (AvgIpc) is 1.69. The molecule has 0 aromatic carbocycles. The van der Waals surface area contributed by atoms with E-state index in [4.69, 9.17) is 5.11 Å². The molecule has 1 fully saturated rings. The summed E-state index contributed by atoms with van der Waals surface area (Å²) < 4.78 is 0. The molecule has 0 aromatic rings. The van der Waals surface area contributed by atoms with Gasteiger partial charge in [-0.1, -0.05) is 41.5 Å². The van der Waals surface area contributed by atoms with E-state index in [1.54, 1.807) is 0 Å². The van der Waals surface area contributed by atoms with Crippen LogP contribution in [-0.2, 0) is 0 Å². The number of hydrogen-bond donors (Lipinski definition) is 1. The summed E-state index contributed by atoms with van der Waals surface area (Å²) in [7, 11) is 0. The van der Waals surface area contributed by atoms with Crippen molar-refractivity contribution in [2.24, 2.45) is 0 Å². The maximum atomic E-state index is 8.91. The van der Waals surface area contributed by atoms with Gasteiger partial charge in [0.05, 0.1) is 6.10 Å². The van der Waals surface area contributed by atoms with Crippen LogP contribution in [0.4, 0.5) is 0 Å². The quantitative estimate of drug-likeness (QED) is 0.669. The van der Waals surface area contributed by atoms with Crippen molar-refractivity contribution in [3.63, 3.8) is 0 Å². The van der Waals surface area contributed by atoms with Crippen molar-refractivity contribution in [2.45, 2.75) is 60.5 Å². The standard InChI is InChI=1S/C6H12O.3CH4.Sn/c7-6-4-2-1-3-5-6;;;;/h6-7H,1-5H2;3*1H4;. The van der Waals surface area contributed by atoms with E-state index >= 15 is 0 Å². The maximum absolute atomic E-state index is 8.91. The van der Waals surface area contributed by atoms with Crippen LogP contribution in [0.2, 0.25) is 0 Å². The molecule has 0 aromatic heterocycles. The molecule has 4 radical (unpaired) electrons. The molecule has 1 N–H and O–H groups in total. The third-order valence-electron chi connectivity index (χ3n) is 1.57. The van der Waals surface area contributed by atoms with Gasteiger partial charge in [0.2, 0.25) is 0 Å². The average molecular weight is 267 g/mol. The molecule has 0 spiro atoms. The van der Waals surface area contributed by atoms with Gasteiger partial charge in [-0.3, -0.25) is 0 Å². The summed E-state index contributed by atoms with van der Waals surface area (Å²) in [5.41, 5.74) is 0. The van der Waals surface area contributed by atoms with Gasteiger partial charge in [0.25, 0.3) is 0 Å². The first kappa shape index (κ1) is 22.6. The summed E-state index contributed by atoms with van der Waals surface area (Å²) >= 11 is 0. The van der Waals surface area contributed by atoms with Gasteiger partial charge in [-0.2, -0.15) is 0 Å². The smallest absolute Gasteiger partial charge is 0.0540 e. The Morgan fingerprint density at radius 3 is 1.36 bits per heavy atom. The zero-order chi connectivity index (χ0) is 5.11. The summed E-state index contributed by atoms with van der Waals surface area (Å²) in [5, 5.41) is 8.91. The van der Waals surface area contributed by atoms with E-state index in [0.717, 1.165) is 12.8 Å². The number of aliphatic hydroxyl groups excluding tert-OH is 1. The summed E-state index contributed by atoms with van der Waals surface area (Å²) in [5.74, 6) is 0. The van der Waals surface area contributed by atoms with Crippen LogP contribution in [0.25, 0.3) is 0 Å². The molecule has 70 valence electrons. The molecule has 0 bridgehead atoms. The van der Waals surface area contributed by atoms with Crippen LogP contribution in [0.5, 0.6) is 0 Å². The van der Waals surface area contributed by atoms with Crippen molar-refractivity contribution < 1.29 is 5.11 Å². The van der Waals surface area contributed by atoms with E-state index in [-0.39, 0.29) is 52.3 Å². The van der Waals surface area contributed by atoms with E-state index in [1.165, 1.54) is 19.3 Å². The van der Waals surface area contributed by atoms with Gasteiger partial charge < -0.3 is 5.11 Å².